The highest BCUT2D eigenvalue weighted by Gasteiger charge is 2.19. The van der Waals surface area contributed by atoms with Gasteiger partial charge in [0.05, 0.1) is 18.8 Å². The topological polar surface area (TPSA) is 35.9 Å². The van der Waals surface area contributed by atoms with Crippen molar-refractivity contribution in [3.05, 3.63) is 35.9 Å². The predicted octanol–water partition coefficient (Wildman–Crippen LogP) is 1.63. The molecule has 0 bridgehead atoms. The van der Waals surface area contributed by atoms with Crippen LogP contribution in [-0.4, -0.2) is 73.0 Å². The smallest absolute Gasteiger partial charge is 0.0900 e. The van der Waals surface area contributed by atoms with Crippen LogP contribution in [0, 0.1) is 0 Å². The molecule has 1 aromatic rings. The average molecular weight is 306 g/mol. The number of aliphatic hydroxyl groups excluding tert-OH is 1. The van der Waals surface area contributed by atoms with Gasteiger partial charge in [0.1, 0.15) is 0 Å². The first-order chi connectivity index (χ1) is 10.6. The van der Waals surface area contributed by atoms with Crippen molar-refractivity contribution < 1.29 is 9.84 Å². The van der Waals surface area contributed by atoms with E-state index in [1.807, 2.05) is 13.8 Å². The number of piperazine rings is 1. The van der Waals surface area contributed by atoms with E-state index in [-0.39, 0.29) is 12.2 Å². The zero-order valence-electron chi connectivity index (χ0n) is 13.9. The minimum atomic E-state index is -0.377. The van der Waals surface area contributed by atoms with Crippen molar-refractivity contribution in [3.63, 3.8) is 0 Å². The van der Waals surface area contributed by atoms with Crippen LogP contribution in [0.4, 0.5) is 0 Å². The van der Waals surface area contributed by atoms with Crippen LogP contribution < -0.4 is 0 Å². The lowest BCUT2D eigenvalue weighted by Crippen LogP contribution is -2.49. The van der Waals surface area contributed by atoms with Gasteiger partial charge < -0.3 is 14.7 Å². The number of benzene rings is 1. The molecular formula is C18H30N2O2. The van der Waals surface area contributed by atoms with Gasteiger partial charge in [-0.25, -0.2) is 0 Å². The fourth-order valence-corrected chi connectivity index (χ4v) is 2.78. The molecule has 1 aliphatic heterocycles. The maximum absolute atomic E-state index is 9.99. The number of nitrogens with zero attached hydrogens (tertiary/aromatic N) is 2. The zero-order chi connectivity index (χ0) is 15.8. The largest absolute Gasteiger partial charge is 0.389 e. The van der Waals surface area contributed by atoms with Gasteiger partial charge in [-0.2, -0.15) is 0 Å². The summed E-state index contributed by atoms with van der Waals surface area (Å²) >= 11 is 0. The summed E-state index contributed by atoms with van der Waals surface area (Å²) in [4.78, 5) is 4.86. The molecule has 1 fully saturated rings. The Morgan fingerprint density at radius 1 is 1.05 bits per heavy atom. The Kier molecular flexibility index (Phi) is 7.33. The summed E-state index contributed by atoms with van der Waals surface area (Å²) in [6.07, 6.45) is 0.925. The lowest BCUT2D eigenvalue weighted by molar-refractivity contribution is -0.0144. The van der Waals surface area contributed by atoms with Crippen LogP contribution in [0.15, 0.2) is 30.3 Å². The van der Waals surface area contributed by atoms with E-state index in [0.29, 0.717) is 6.61 Å². The summed E-state index contributed by atoms with van der Waals surface area (Å²) in [7, 11) is 0. The second-order valence-corrected chi connectivity index (χ2v) is 6.41. The molecule has 0 saturated carbocycles. The van der Waals surface area contributed by atoms with Gasteiger partial charge in [-0.15, -0.1) is 0 Å². The Labute approximate surface area is 134 Å². The second kappa shape index (κ2) is 9.26. The fraction of sp³-hybridized carbons (Fsp3) is 0.667. The molecule has 0 aliphatic carbocycles. The first-order valence-corrected chi connectivity index (χ1v) is 8.42. The molecule has 1 aliphatic rings. The molecule has 22 heavy (non-hydrogen) atoms. The third kappa shape index (κ3) is 6.44. The van der Waals surface area contributed by atoms with E-state index in [2.05, 4.69) is 40.1 Å². The number of ether oxygens (including phenoxy) is 1. The molecular weight excluding hydrogens is 276 g/mol. The Morgan fingerprint density at radius 2 is 1.68 bits per heavy atom. The average Bonchev–Trinajstić information content (AvgIpc) is 2.53. The Hall–Kier alpha value is -0.940. The van der Waals surface area contributed by atoms with Crippen LogP contribution in [-0.2, 0) is 11.2 Å². The van der Waals surface area contributed by atoms with Crippen LogP contribution in [0.2, 0.25) is 0 Å². The summed E-state index contributed by atoms with van der Waals surface area (Å²) in [5.41, 5.74) is 1.41. The molecule has 1 saturated heterocycles. The quantitative estimate of drug-likeness (QED) is 0.792. The number of aliphatic hydroxyl groups is 1. The molecule has 0 aromatic heterocycles. The summed E-state index contributed by atoms with van der Waals surface area (Å²) in [5, 5.41) is 9.99. The van der Waals surface area contributed by atoms with E-state index < -0.39 is 0 Å². The highest BCUT2D eigenvalue weighted by Crippen LogP contribution is 2.06. The van der Waals surface area contributed by atoms with E-state index >= 15 is 0 Å². The maximum atomic E-state index is 9.99. The fourth-order valence-electron chi connectivity index (χ4n) is 2.78. The summed E-state index contributed by atoms with van der Waals surface area (Å²) < 4.78 is 5.47. The summed E-state index contributed by atoms with van der Waals surface area (Å²) in [6.45, 7) is 10.5. The number of β-amino-alcohol motifs (C(OH)–C–C–N with tert-alkyl or cyclic N) is 1. The monoisotopic (exact) mass is 306 g/mol. The highest BCUT2D eigenvalue weighted by molar-refractivity contribution is 5.14. The van der Waals surface area contributed by atoms with Crippen molar-refractivity contribution in [2.24, 2.45) is 0 Å². The number of rotatable bonds is 8. The van der Waals surface area contributed by atoms with E-state index in [1.54, 1.807) is 0 Å². The van der Waals surface area contributed by atoms with Crippen LogP contribution >= 0.6 is 0 Å². The molecule has 0 radical (unpaired) electrons. The predicted molar refractivity (Wildman–Crippen MR) is 90.1 cm³/mol. The lowest BCUT2D eigenvalue weighted by Gasteiger charge is -2.35. The Bertz CT molecular complexity index is 403. The summed E-state index contributed by atoms with van der Waals surface area (Å²) in [6, 6.07) is 10.7. The molecule has 1 N–H and O–H groups in total. The van der Waals surface area contributed by atoms with Crippen molar-refractivity contribution in [1.29, 1.82) is 0 Å². The van der Waals surface area contributed by atoms with Crippen molar-refractivity contribution in [2.45, 2.75) is 32.5 Å². The number of hydrogen-bond acceptors (Lipinski definition) is 4. The zero-order valence-corrected chi connectivity index (χ0v) is 13.9. The summed E-state index contributed by atoms with van der Waals surface area (Å²) in [5.74, 6) is 0. The molecule has 1 unspecified atom stereocenters. The van der Waals surface area contributed by atoms with Crippen molar-refractivity contribution >= 4 is 0 Å². The van der Waals surface area contributed by atoms with E-state index in [1.165, 1.54) is 5.56 Å². The SMILES string of the molecule is CC(C)OCC(O)CN1CCN(CCc2ccccc2)CC1. The van der Waals surface area contributed by atoms with E-state index in [4.69, 9.17) is 4.74 Å². The molecule has 4 nitrogen and oxygen atoms in total. The van der Waals surface area contributed by atoms with Gasteiger partial charge >= 0.3 is 0 Å². The van der Waals surface area contributed by atoms with E-state index in [0.717, 1.165) is 45.7 Å². The lowest BCUT2D eigenvalue weighted by atomic mass is 10.1. The van der Waals surface area contributed by atoms with Gasteiger partial charge in [0, 0.05) is 39.3 Å². The van der Waals surface area contributed by atoms with Gasteiger partial charge in [-0.1, -0.05) is 30.3 Å². The molecule has 0 spiro atoms. The van der Waals surface area contributed by atoms with Gasteiger partial charge in [0.15, 0.2) is 0 Å². The van der Waals surface area contributed by atoms with Crippen LogP contribution in [0.5, 0.6) is 0 Å². The third-order valence-corrected chi connectivity index (χ3v) is 4.12. The molecule has 4 heteroatoms. The minimum Gasteiger partial charge on any atom is -0.389 e. The van der Waals surface area contributed by atoms with Crippen molar-refractivity contribution in [1.82, 2.24) is 9.80 Å². The molecule has 0 amide bonds. The Morgan fingerprint density at radius 3 is 2.32 bits per heavy atom. The first kappa shape index (κ1) is 17.4. The number of hydrogen-bond donors (Lipinski definition) is 1. The van der Waals surface area contributed by atoms with Crippen molar-refractivity contribution in [2.75, 3.05) is 45.9 Å². The van der Waals surface area contributed by atoms with Crippen LogP contribution in [0.25, 0.3) is 0 Å². The van der Waals surface area contributed by atoms with Gasteiger partial charge in [0.2, 0.25) is 0 Å². The second-order valence-electron chi connectivity index (χ2n) is 6.41. The van der Waals surface area contributed by atoms with Crippen molar-refractivity contribution in [3.8, 4) is 0 Å². The molecule has 1 atom stereocenters. The first-order valence-electron chi connectivity index (χ1n) is 8.42. The molecule has 124 valence electrons. The van der Waals surface area contributed by atoms with Gasteiger partial charge in [-0.05, 0) is 25.8 Å². The Balaban J connectivity index is 1.61. The maximum Gasteiger partial charge on any atom is 0.0900 e. The normalized spacial score (nSPS) is 18.7. The molecule has 2 rings (SSSR count). The standard InChI is InChI=1S/C18H30N2O2/c1-16(2)22-15-18(21)14-20-12-10-19(11-13-20)9-8-17-6-4-3-5-7-17/h3-7,16,18,21H,8-15H2,1-2H3. The third-order valence-electron chi connectivity index (χ3n) is 4.12. The van der Waals surface area contributed by atoms with Gasteiger partial charge in [0.25, 0.3) is 0 Å². The van der Waals surface area contributed by atoms with Crippen LogP contribution in [0.1, 0.15) is 19.4 Å². The molecule has 1 heterocycles. The molecule has 1 aromatic carbocycles. The van der Waals surface area contributed by atoms with E-state index in [9.17, 15) is 5.11 Å². The minimum absolute atomic E-state index is 0.185. The van der Waals surface area contributed by atoms with Gasteiger partial charge in [-0.3, -0.25) is 4.90 Å². The highest BCUT2D eigenvalue weighted by atomic mass is 16.5. The van der Waals surface area contributed by atoms with Crippen LogP contribution in [0.3, 0.4) is 0 Å².